The van der Waals surface area contributed by atoms with Gasteiger partial charge in [0.1, 0.15) is 15.9 Å². The first-order valence-electron chi connectivity index (χ1n) is 4.30. The Labute approximate surface area is 99.5 Å². The van der Waals surface area contributed by atoms with Gasteiger partial charge in [-0.3, -0.25) is 4.79 Å². The van der Waals surface area contributed by atoms with Gasteiger partial charge in [0.25, 0.3) is 5.91 Å². The van der Waals surface area contributed by atoms with Gasteiger partial charge in [0, 0.05) is 0 Å². The molecule has 0 saturated carbocycles. The molecule has 1 amide bonds. The number of aromatic nitrogens is 2. The first-order valence-corrected chi connectivity index (χ1v) is 5.95. The number of rotatable bonds is 2. The van der Waals surface area contributed by atoms with E-state index in [0.717, 1.165) is 11.5 Å². The topological polar surface area (TPSA) is 78.7 Å². The Morgan fingerprint density at radius 1 is 1.62 bits per heavy atom. The molecule has 0 aliphatic rings. The van der Waals surface area contributed by atoms with Crippen molar-refractivity contribution in [2.45, 2.75) is 6.92 Å². The molecule has 0 radical (unpaired) electrons. The highest BCUT2D eigenvalue weighted by atomic mass is 32.1. The first kappa shape index (κ1) is 10.7. The van der Waals surface area contributed by atoms with E-state index in [1.807, 2.05) is 6.07 Å². The molecule has 2 aromatic rings. The smallest absolute Gasteiger partial charge is 0.269 e. The minimum atomic E-state index is -0.272. The molecule has 1 N–H and O–H groups in total. The molecule has 0 bridgehead atoms. The van der Waals surface area contributed by atoms with Crippen molar-refractivity contribution in [3.05, 3.63) is 27.6 Å². The minimum Gasteiger partial charge on any atom is -0.312 e. The van der Waals surface area contributed by atoms with Crippen LogP contribution >= 0.6 is 22.9 Å². The van der Waals surface area contributed by atoms with Crippen molar-refractivity contribution in [1.82, 2.24) is 9.59 Å². The van der Waals surface area contributed by atoms with E-state index in [-0.39, 0.29) is 5.91 Å². The van der Waals surface area contributed by atoms with Crippen molar-refractivity contribution in [2.24, 2.45) is 0 Å². The van der Waals surface area contributed by atoms with E-state index in [0.29, 0.717) is 21.1 Å². The highest BCUT2D eigenvalue weighted by molar-refractivity contribution is 7.14. The summed E-state index contributed by atoms with van der Waals surface area (Å²) in [5, 5.41) is 17.5. The van der Waals surface area contributed by atoms with E-state index in [2.05, 4.69) is 14.9 Å². The zero-order chi connectivity index (χ0) is 11.5. The van der Waals surface area contributed by atoms with Crippen LogP contribution in [0.3, 0.4) is 0 Å². The van der Waals surface area contributed by atoms with E-state index in [1.54, 1.807) is 18.4 Å². The van der Waals surface area contributed by atoms with Crippen LogP contribution in [-0.2, 0) is 0 Å². The van der Waals surface area contributed by atoms with Gasteiger partial charge in [-0.05, 0) is 29.9 Å². The van der Waals surface area contributed by atoms with Gasteiger partial charge >= 0.3 is 0 Å². The van der Waals surface area contributed by atoms with Gasteiger partial charge in [0.05, 0.1) is 11.3 Å². The molecule has 0 saturated heterocycles. The van der Waals surface area contributed by atoms with Crippen molar-refractivity contribution in [2.75, 3.05) is 5.32 Å². The van der Waals surface area contributed by atoms with Crippen LogP contribution in [0.4, 0.5) is 5.00 Å². The Morgan fingerprint density at radius 3 is 3.06 bits per heavy atom. The van der Waals surface area contributed by atoms with E-state index in [4.69, 9.17) is 5.26 Å². The molecule has 0 fully saturated rings. The summed E-state index contributed by atoms with van der Waals surface area (Å²) in [7, 11) is 0. The number of nitrogens with zero attached hydrogens (tertiary/aromatic N) is 3. The second-order valence-corrected chi connectivity index (χ2v) is 4.59. The number of nitriles is 1. The molecule has 0 atom stereocenters. The number of hydrogen-bond acceptors (Lipinski definition) is 6. The van der Waals surface area contributed by atoms with Gasteiger partial charge in [-0.2, -0.15) is 5.26 Å². The summed E-state index contributed by atoms with van der Waals surface area (Å²) >= 11 is 2.36. The Kier molecular flexibility index (Phi) is 2.94. The molecule has 0 aromatic carbocycles. The van der Waals surface area contributed by atoms with Gasteiger partial charge in [-0.15, -0.1) is 16.4 Å². The summed E-state index contributed by atoms with van der Waals surface area (Å²) in [4.78, 5) is 12.2. The lowest BCUT2D eigenvalue weighted by Gasteiger charge is -2.00. The molecule has 0 unspecified atom stereocenters. The molecule has 2 heterocycles. The van der Waals surface area contributed by atoms with Crippen molar-refractivity contribution < 1.29 is 4.79 Å². The quantitative estimate of drug-likeness (QED) is 0.884. The van der Waals surface area contributed by atoms with Crippen LogP contribution in [0.25, 0.3) is 0 Å². The van der Waals surface area contributed by atoms with Crippen LogP contribution in [0.2, 0.25) is 0 Å². The molecule has 5 nitrogen and oxygen atoms in total. The third-order valence-corrected chi connectivity index (χ3v) is 3.53. The molecule has 0 spiro atoms. The molecule has 2 aromatic heterocycles. The Bertz CT molecular complexity index is 566. The monoisotopic (exact) mass is 250 g/mol. The predicted octanol–water partition coefficient (Wildman–Crippen LogP) is 2.03. The fraction of sp³-hybridized carbons (Fsp3) is 0.111. The summed E-state index contributed by atoms with van der Waals surface area (Å²) in [5.74, 6) is -0.272. The number of amides is 1. The van der Waals surface area contributed by atoms with Crippen LogP contribution in [0, 0.1) is 18.3 Å². The number of nitrogens with one attached hydrogen (secondary N) is 1. The van der Waals surface area contributed by atoms with Gasteiger partial charge in [-0.25, -0.2) is 0 Å². The lowest BCUT2D eigenvalue weighted by molar-refractivity contribution is 0.103. The average molecular weight is 250 g/mol. The van der Waals surface area contributed by atoms with Crippen LogP contribution in [0.1, 0.15) is 20.9 Å². The molecule has 0 aliphatic carbocycles. The fourth-order valence-corrected chi connectivity index (χ4v) is 2.38. The standard InChI is InChI=1S/C9H6N4OS2/c1-5-7(16-13-12-5)8(14)11-9-6(4-10)2-3-15-9/h2-3H,1H3,(H,11,14). The van der Waals surface area contributed by atoms with E-state index in [1.165, 1.54) is 11.3 Å². The molecule has 16 heavy (non-hydrogen) atoms. The Hall–Kier alpha value is -1.78. The zero-order valence-corrected chi connectivity index (χ0v) is 9.85. The molecule has 80 valence electrons. The minimum absolute atomic E-state index is 0.272. The maximum atomic E-state index is 11.8. The normalized spacial score (nSPS) is 9.75. The lowest BCUT2D eigenvalue weighted by atomic mass is 10.3. The molecule has 7 heteroatoms. The molecule has 0 aliphatic heterocycles. The van der Waals surface area contributed by atoms with Gasteiger partial charge in [0.2, 0.25) is 0 Å². The SMILES string of the molecule is Cc1nnsc1C(=O)Nc1sccc1C#N. The van der Waals surface area contributed by atoms with Gasteiger partial charge in [-0.1, -0.05) is 4.49 Å². The summed E-state index contributed by atoms with van der Waals surface area (Å²) in [6, 6.07) is 3.67. The summed E-state index contributed by atoms with van der Waals surface area (Å²) < 4.78 is 3.68. The maximum Gasteiger partial charge on any atom is 0.269 e. The van der Waals surface area contributed by atoms with E-state index >= 15 is 0 Å². The highest BCUT2D eigenvalue weighted by Gasteiger charge is 2.15. The average Bonchev–Trinajstić information content (AvgIpc) is 2.86. The van der Waals surface area contributed by atoms with E-state index < -0.39 is 0 Å². The van der Waals surface area contributed by atoms with Crippen LogP contribution < -0.4 is 5.32 Å². The zero-order valence-electron chi connectivity index (χ0n) is 8.22. The molecule has 2 rings (SSSR count). The van der Waals surface area contributed by atoms with Crippen LogP contribution in [0.15, 0.2) is 11.4 Å². The molecular weight excluding hydrogens is 244 g/mol. The fourth-order valence-electron chi connectivity index (χ4n) is 1.09. The summed E-state index contributed by atoms with van der Waals surface area (Å²) in [6.45, 7) is 1.72. The Morgan fingerprint density at radius 2 is 2.44 bits per heavy atom. The number of carbonyl (C=O) groups excluding carboxylic acids is 1. The van der Waals surface area contributed by atoms with Gasteiger partial charge in [0.15, 0.2) is 0 Å². The molecular formula is C9H6N4OS2. The Balaban J connectivity index is 2.21. The highest BCUT2D eigenvalue weighted by Crippen LogP contribution is 2.23. The van der Waals surface area contributed by atoms with Crippen molar-refractivity contribution in [3.63, 3.8) is 0 Å². The largest absolute Gasteiger partial charge is 0.312 e. The summed E-state index contributed by atoms with van der Waals surface area (Å²) in [5.41, 5.74) is 1.06. The van der Waals surface area contributed by atoms with Crippen molar-refractivity contribution in [1.29, 1.82) is 5.26 Å². The van der Waals surface area contributed by atoms with Crippen LogP contribution in [0.5, 0.6) is 0 Å². The lowest BCUT2D eigenvalue weighted by Crippen LogP contribution is -2.11. The van der Waals surface area contributed by atoms with Crippen molar-refractivity contribution in [3.8, 4) is 6.07 Å². The van der Waals surface area contributed by atoms with Gasteiger partial charge < -0.3 is 5.32 Å². The number of carbonyl (C=O) groups is 1. The third kappa shape index (κ3) is 1.93. The number of hydrogen-bond donors (Lipinski definition) is 1. The second-order valence-electron chi connectivity index (χ2n) is 2.92. The first-order chi connectivity index (χ1) is 7.72. The number of aryl methyl sites for hydroxylation is 1. The van der Waals surface area contributed by atoms with Crippen molar-refractivity contribution >= 4 is 33.8 Å². The van der Waals surface area contributed by atoms with Crippen LogP contribution in [-0.4, -0.2) is 15.5 Å². The number of anilines is 1. The maximum absolute atomic E-state index is 11.8. The predicted molar refractivity (Wildman–Crippen MR) is 61.6 cm³/mol. The summed E-state index contributed by atoms with van der Waals surface area (Å²) in [6.07, 6.45) is 0. The third-order valence-electron chi connectivity index (χ3n) is 1.87. The second kappa shape index (κ2) is 4.38. The number of thiophene rings is 1. The van der Waals surface area contributed by atoms with E-state index in [9.17, 15) is 4.79 Å².